The molecule has 34 valence electrons. The van der Waals surface area contributed by atoms with E-state index in [-0.39, 0.29) is 21.7 Å². The summed E-state index contributed by atoms with van der Waals surface area (Å²) in [5.41, 5.74) is 0. The molecule has 5 nitrogen and oxygen atoms in total. The average molecular weight is 127 g/mol. The SMILES string of the molecule is [O-][N+]1(O)OO1.[Ti]. The van der Waals surface area contributed by atoms with Gasteiger partial charge in [-0.05, 0) is 0 Å². The molecule has 1 saturated heterocycles. The van der Waals surface area contributed by atoms with Crippen molar-refractivity contribution in [2.45, 2.75) is 0 Å². The maximum atomic E-state index is 9.26. The van der Waals surface area contributed by atoms with Gasteiger partial charge >= 0.3 is 0 Å². The number of rotatable bonds is 0. The monoisotopic (exact) mass is 127 g/mol. The van der Waals surface area contributed by atoms with E-state index in [1.54, 1.807) is 0 Å². The predicted molar refractivity (Wildman–Crippen MR) is 7.58 cm³/mol. The smallest absolute Gasteiger partial charge is 0.154 e. The molecule has 1 rings (SSSR count). The van der Waals surface area contributed by atoms with Gasteiger partial charge in [0.25, 0.3) is 0 Å². The summed E-state index contributed by atoms with van der Waals surface area (Å²) in [5.74, 6) is 0. The topological polar surface area (TPSA) is 68.3 Å². The molecule has 0 amide bonds. The van der Waals surface area contributed by atoms with Crippen molar-refractivity contribution < 1.29 is 42.0 Å². The maximum absolute atomic E-state index is 9.26. The third-order valence-electron chi connectivity index (χ3n) is 0.202. The molecule has 0 radical (unpaired) electrons. The first-order chi connectivity index (χ1) is 2.21. The summed E-state index contributed by atoms with van der Waals surface area (Å²) in [7, 11) is 0. The van der Waals surface area contributed by atoms with E-state index in [2.05, 4.69) is 9.98 Å². The van der Waals surface area contributed by atoms with Gasteiger partial charge in [0.1, 0.15) is 9.98 Å². The van der Waals surface area contributed by atoms with Crippen molar-refractivity contribution in [3.05, 3.63) is 5.21 Å². The maximum Gasteiger partial charge on any atom is 0.154 e. The number of hydrogen-bond donors (Lipinski definition) is 1. The van der Waals surface area contributed by atoms with Crippen molar-refractivity contribution in [2.24, 2.45) is 0 Å². The molecule has 0 unspecified atom stereocenters. The van der Waals surface area contributed by atoms with Crippen molar-refractivity contribution in [2.75, 3.05) is 0 Å². The summed E-state index contributed by atoms with van der Waals surface area (Å²) in [6.07, 6.45) is 0. The van der Waals surface area contributed by atoms with E-state index in [0.717, 1.165) is 0 Å². The van der Waals surface area contributed by atoms with Crippen LogP contribution >= 0.6 is 0 Å². The van der Waals surface area contributed by atoms with Crippen molar-refractivity contribution in [3.63, 3.8) is 0 Å². The third kappa shape index (κ3) is 1.83. The Labute approximate surface area is 47.9 Å². The summed E-state index contributed by atoms with van der Waals surface area (Å²) in [6.45, 7) is 0. The Kier molecular flexibility index (Phi) is 1.68. The van der Waals surface area contributed by atoms with Crippen LogP contribution in [-0.4, -0.2) is 10.3 Å². The molecule has 0 aromatic carbocycles. The van der Waals surface area contributed by atoms with Gasteiger partial charge in [0, 0.05) is 21.7 Å². The molecule has 0 spiro atoms. The van der Waals surface area contributed by atoms with Gasteiger partial charge in [-0.25, -0.2) is 0 Å². The van der Waals surface area contributed by atoms with Crippen LogP contribution in [0.5, 0.6) is 0 Å². The first-order valence-electron chi connectivity index (χ1n) is 0.914. The molecule has 0 aromatic heterocycles. The van der Waals surface area contributed by atoms with Crippen LogP contribution in [0.15, 0.2) is 0 Å². The van der Waals surface area contributed by atoms with Gasteiger partial charge in [-0.1, -0.05) is 0 Å². The summed E-state index contributed by atoms with van der Waals surface area (Å²) in [5, 5.41) is 14.8. The quantitative estimate of drug-likeness (QED) is 0.156. The average Bonchev–Trinajstić information content (AvgIpc) is 1.76. The zero-order valence-corrected chi connectivity index (χ0v) is 4.18. The molecular formula is HNO4Ti. The molecule has 0 aliphatic carbocycles. The fraction of sp³-hybridized carbons (Fsp3) is 0. The zero-order chi connectivity index (χ0) is 3.91. The summed E-state index contributed by atoms with van der Waals surface area (Å²) in [4.78, 5) is 6.67. The van der Waals surface area contributed by atoms with Gasteiger partial charge in [0.15, 0.2) is 5.14 Å². The summed E-state index contributed by atoms with van der Waals surface area (Å²) in [6, 6.07) is 0. The minimum Gasteiger partial charge on any atom is -0.523 e. The third-order valence-corrected chi connectivity index (χ3v) is 0.202. The summed E-state index contributed by atoms with van der Waals surface area (Å²) >= 11 is 0. The molecule has 6 heavy (non-hydrogen) atoms. The second kappa shape index (κ2) is 1.55. The van der Waals surface area contributed by atoms with E-state index >= 15 is 0 Å². The minimum atomic E-state index is -2.00. The van der Waals surface area contributed by atoms with Crippen LogP contribution in [0.25, 0.3) is 0 Å². The molecule has 1 N–H and O–H groups in total. The van der Waals surface area contributed by atoms with Crippen LogP contribution in [0.4, 0.5) is 0 Å². The fourth-order valence-electron chi connectivity index (χ4n) is 0.0285. The molecule has 1 fully saturated rings. The van der Waals surface area contributed by atoms with Gasteiger partial charge in [0.2, 0.25) is 0 Å². The molecule has 0 saturated carbocycles. The Morgan fingerprint density at radius 2 is 1.67 bits per heavy atom. The van der Waals surface area contributed by atoms with E-state index in [9.17, 15) is 5.21 Å². The molecule has 0 bridgehead atoms. The first kappa shape index (κ1) is 6.51. The van der Waals surface area contributed by atoms with Gasteiger partial charge in [0.05, 0.1) is 0 Å². The largest absolute Gasteiger partial charge is 0.523 e. The van der Waals surface area contributed by atoms with Crippen molar-refractivity contribution in [1.29, 1.82) is 0 Å². The number of quaternary nitrogens is 1. The van der Waals surface area contributed by atoms with E-state index in [4.69, 9.17) is 5.21 Å². The standard InChI is InChI=1S/HNO4.Ti/c2-1(3)4-5-1;/h2H;. The predicted octanol–water partition coefficient (Wildman–Crippen LogP) is -0.520. The Morgan fingerprint density at radius 3 is 1.67 bits per heavy atom. The number of nitrogens with zero attached hydrogens (tertiary/aromatic N) is 1. The summed E-state index contributed by atoms with van der Waals surface area (Å²) < 4.78 is 0. The number of hydrogen-bond acceptors (Lipinski definition) is 4. The molecular weight excluding hydrogens is 126 g/mol. The van der Waals surface area contributed by atoms with E-state index in [1.807, 2.05) is 0 Å². The Morgan fingerprint density at radius 1 is 1.50 bits per heavy atom. The molecule has 1 heterocycles. The van der Waals surface area contributed by atoms with Crippen LogP contribution in [0.2, 0.25) is 0 Å². The fourth-order valence-corrected chi connectivity index (χ4v) is 0.0285. The Bertz CT molecular complexity index is 45.5. The second-order valence-corrected chi connectivity index (χ2v) is 0.618. The second-order valence-electron chi connectivity index (χ2n) is 0.618. The van der Waals surface area contributed by atoms with Gasteiger partial charge in [-0.15, -0.1) is 5.21 Å². The van der Waals surface area contributed by atoms with Crippen LogP contribution in [0, 0.1) is 5.21 Å². The van der Waals surface area contributed by atoms with E-state index in [1.165, 1.54) is 0 Å². The Hall–Kier alpha value is 0.514. The normalized spacial score (nSPS) is 25.0. The van der Waals surface area contributed by atoms with Crippen molar-refractivity contribution >= 4 is 0 Å². The van der Waals surface area contributed by atoms with Gasteiger partial charge in [-0.3, -0.25) is 0 Å². The minimum absolute atomic E-state index is 0. The Balaban J connectivity index is 0.000000250. The van der Waals surface area contributed by atoms with Crippen LogP contribution < -0.4 is 0 Å². The molecule has 1 aliphatic heterocycles. The van der Waals surface area contributed by atoms with Crippen LogP contribution in [0.1, 0.15) is 0 Å². The zero-order valence-electron chi connectivity index (χ0n) is 2.62. The van der Waals surface area contributed by atoms with Crippen molar-refractivity contribution in [3.8, 4) is 0 Å². The van der Waals surface area contributed by atoms with E-state index < -0.39 is 5.14 Å². The van der Waals surface area contributed by atoms with Crippen LogP contribution in [-0.2, 0) is 31.7 Å². The van der Waals surface area contributed by atoms with E-state index in [0.29, 0.717) is 0 Å². The van der Waals surface area contributed by atoms with Crippen molar-refractivity contribution in [1.82, 2.24) is 0 Å². The molecule has 6 heteroatoms. The molecule has 1 aliphatic rings. The van der Waals surface area contributed by atoms with Gasteiger partial charge < -0.3 is 5.21 Å². The van der Waals surface area contributed by atoms with Crippen LogP contribution in [0.3, 0.4) is 0 Å². The van der Waals surface area contributed by atoms with Gasteiger partial charge in [-0.2, -0.15) is 0 Å². The molecule has 0 atom stereocenters. The molecule has 0 aromatic rings. The first-order valence-corrected chi connectivity index (χ1v) is 0.914.